The van der Waals surface area contributed by atoms with Gasteiger partial charge in [-0.05, 0) is 30.5 Å². The Kier molecular flexibility index (Phi) is 5.61. The number of thioether (sulfide) groups is 1. The van der Waals surface area contributed by atoms with E-state index in [4.69, 9.17) is 0 Å². The van der Waals surface area contributed by atoms with Crippen LogP contribution in [-0.2, 0) is 0 Å². The Morgan fingerprint density at radius 2 is 1.90 bits per heavy atom. The predicted octanol–water partition coefficient (Wildman–Crippen LogP) is 5.09. The first-order valence-corrected chi connectivity index (χ1v) is 8.23. The SMILES string of the molecule is CSc1ccc(-c2csc(Nc3ccccn3)n2)cc1.Cl. The van der Waals surface area contributed by atoms with Crippen molar-refractivity contribution in [1.29, 1.82) is 0 Å². The van der Waals surface area contributed by atoms with Gasteiger partial charge < -0.3 is 5.32 Å². The van der Waals surface area contributed by atoms with E-state index in [9.17, 15) is 0 Å². The number of hydrogen-bond acceptors (Lipinski definition) is 5. The van der Waals surface area contributed by atoms with Crippen LogP contribution in [0.4, 0.5) is 10.9 Å². The highest BCUT2D eigenvalue weighted by Gasteiger charge is 2.05. The lowest BCUT2D eigenvalue weighted by Crippen LogP contribution is -1.91. The fourth-order valence-corrected chi connectivity index (χ4v) is 2.91. The number of thiazole rings is 1. The van der Waals surface area contributed by atoms with Crippen LogP contribution in [0, 0.1) is 0 Å². The molecule has 3 rings (SSSR count). The molecule has 0 aliphatic heterocycles. The molecule has 0 fully saturated rings. The summed E-state index contributed by atoms with van der Waals surface area (Å²) in [6.45, 7) is 0. The van der Waals surface area contributed by atoms with E-state index in [2.05, 4.69) is 51.2 Å². The van der Waals surface area contributed by atoms with Crippen molar-refractivity contribution in [2.75, 3.05) is 11.6 Å². The van der Waals surface area contributed by atoms with Gasteiger partial charge in [-0.25, -0.2) is 9.97 Å². The standard InChI is InChI=1S/C15H13N3S2.ClH/c1-19-12-7-5-11(6-8-12)13-10-20-15(17-13)18-14-4-2-3-9-16-14;/h2-10H,1H3,(H,16,17,18);1H. The molecule has 0 spiro atoms. The van der Waals surface area contributed by atoms with Crippen molar-refractivity contribution in [3.8, 4) is 11.3 Å². The minimum absolute atomic E-state index is 0. The summed E-state index contributed by atoms with van der Waals surface area (Å²) in [5, 5.41) is 6.12. The molecule has 0 radical (unpaired) electrons. The molecule has 0 saturated carbocycles. The molecule has 1 N–H and O–H groups in total. The molecular weight excluding hydrogens is 322 g/mol. The second-order valence-electron chi connectivity index (χ2n) is 4.11. The first kappa shape index (κ1) is 15.8. The Labute approximate surface area is 138 Å². The minimum atomic E-state index is 0. The quantitative estimate of drug-likeness (QED) is 0.674. The lowest BCUT2D eigenvalue weighted by molar-refractivity contribution is 1.29. The summed E-state index contributed by atoms with van der Waals surface area (Å²) in [7, 11) is 0. The number of nitrogens with zero attached hydrogens (tertiary/aromatic N) is 2. The zero-order chi connectivity index (χ0) is 13.8. The lowest BCUT2D eigenvalue weighted by atomic mass is 10.2. The van der Waals surface area contributed by atoms with Crippen LogP contribution >= 0.6 is 35.5 Å². The predicted molar refractivity (Wildman–Crippen MR) is 94.1 cm³/mol. The van der Waals surface area contributed by atoms with Gasteiger partial charge in [0.25, 0.3) is 0 Å². The van der Waals surface area contributed by atoms with Gasteiger partial charge in [-0.3, -0.25) is 0 Å². The zero-order valence-corrected chi connectivity index (χ0v) is 13.8. The van der Waals surface area contributed by atoms with Crippen molar-refractivity contribution in [1.82, 2.24) is 9.97 Å². The van der Waals surface area contributed by atoms with Gasteiger partial charge in [0.15, 0.2) is 5.13 Å². The van der Waals surface area contributed by atoms with Gasteiger partial charge in [0.2, 0.25) is 0 Å². The van der Waals surface area contributed by atoms with Crippen molar-refractivity contribution in [3.63, 3.8) is 0 Å². The van der Waals surface area contributed by atoms with Crippen molar-refractivity contribution in [3.05, 3.63) is 54.0 Å². The highest BCUT2D eigenvalue weighted by molar-refractivity contribution is 7.98. The van der Waals surface area contributed by atoms with Crippen LogP contribution in [0.2, 0.25) is 0 Å². The smallest absolute Gasteiger partial charge is 0.188 e. The molecule has 2 heterocycles. The number of pyridine rings is 1. The van der Waals surface area contributed by atoms with E-state index < -0.39 is 0 Å². The number of halogens is 1. The van der Waals surface area contributed by atoms with E-state index in [0.29, 0.717) is 0 Å². The highest BCUT2D eigenvalue weighted by atomic mass is 35.5. The van der Waals surface area contributed by atoms with Gasteiger partial charge in [-0.15, -0.1) is 35.5 Å². The van der Waals surface area contributed by atoms with Crippen LogP contribution in [0.5, 0.6) is 0 Å². The van der Waals surface area contributed by atoms with Gasteiger partial charge >= 0.3 is 0 Å². The van der Waals surface area contributed by atoms with Crippen molar-refractivity contribution in [2.24, 2.45) is 0 Å². The third kappa shape index (κ3) is 3.97. The molecule has 0 aliphatic rings. The maximum Gasteiger partial charge on any atom is 0.188 e. The third-order valence-electron chi connectivity index (χ3n) is 2.79. The van der Waals surface area contributed by atoms with Gasteiger partial charge in [0, 0.05) is 22.0 Å². The van der Waals surface area contributed by atoms with E-state index in [1.165, 1.54) is 4.90 Å². The number of nitrogens with one attached hydrogen (secondary N) is 1. The van der Waals surface area contributed by atoms with Crippen LogP contribution in [0.1, 0.15) is 0 Å². The van der Waals surface area contributed by atoms with Crippen molar-refractivity contribution < 1.29 is 0 Å². The Balaban J connectivity index is 0.00000161. The number of hydrogen-bond donors (Lipinski definition) is 1. The Bertz CT molecular complexity index is 684. The number of anilines is 2. The summed E-state index contributed by atoms with van der Waals surface area (Å²) in [5.41, 5.74) is 2.12. The molecule has 3 nitrogen and oxygen atoms in total. The van der Waals surface area contributed by atoms with Crippen LogP contribution in [-0.4, -0.2) is 16.2 Å². The van der Waals surface area contributed by atoms with E-state index >= 15 is 0 Å². The molecule has 0 aliphatic carbocycles. The second kappa shape index (κ2) is 7.45. The number of rotatable bonds is 4. The van der Waals surface area contributed by atoms with Crippen molar-refractivity contribution in [2.45, 2.75) is 4.90 Å². The molecule has 1 aromatic carbocycles. The average Bonchev–Trinajstić information content (AvgIpc) is 2.97. The zero-order valence-electron chi connectivity index (χ0n) is 11.3. The summed E-state index contributed by atoms with van der Waals surface area (Å²) in [4.78, 5) is 10.1. The van der Waals surface area contributed by atoms with Gasteiger partial charge in [0.1, 0.15) is 5.82 Å². The molecular formula is C15H14ClN3S2. The molecule has 3 aromatic rings. The molecule has 0 atom stereocenters. The van der Waals surface area contributed by atoms with Crippen LogP contribution < -0.4 is 5.32 Å². The van der Waals surface area contributed by atoms with E-state index in [0.717, 1.165) is 22.2 Å². The molecule has 2 aromatic heterocycles. The Morgan fingerprint density at radius 1 is 1.10 bits per heavy atom. The maximum atomic E-state index is 4.59. The summed E-state index contributed by atoms with van der Waals surface area (Å²) in [6, 6.07) is 14.2. The summed E-state index contributed by atoms with van der Waals surface area (Å²) in [5.74, 6) is 0.811. The van der Waals surface area contributed by atoms with Crippen LogP contribution in [0.3, 0.4) is 0 Å². The molecule has 21 heavy (non-hydrogen) atoms. The first-order chi connectivity index (χ1) is 9.85. The lowest BCUT2D eigenvalue weighted by Gasteiger charge is -2.00. The van der Waals surface area contributed by atoms with Gasteiger partial charge in [-0.2, -0.15) is 0 Å². The number of benzene rings is 1. The Morgan fingerprint density at radius 3 is 2.57 bits per heavy atom. The van der Waals surface area contributed by atoms with Gasteiger partial charge in [-0.1, -0.05) is 18.2 Å². The fraction of sp³-hybridized carbons (Fsp3) is 0.0667. The third-order valence-corrected chi connectivity index (χ3v) is 4.29. The first-order valence-electron chi connectivity index (χ1n) is 6.13. The van der Waals surface area contributed by atoms with E-state index in [1.54, 1.807) is 29.3 Å². The molecule has 0 amide bonds. The molecule has 0 saturated heterocycles. The second-order valence-corrected chi connectivity index (χ2v) is 5.84. The molecule has 0 unspecified atom stereocenters. The van der Waals surface area contributed by atoms with E-state index in [1.807, 2.05) is 18.2 Å². The maximum absolute atomic E-state index is 4.59. The molecule has 0 bridgehead atoms. The molecule has 108 valence electrons. The van der Waals surface area contributed by atoms with Crippen LogP contribution in [0.25, 0.3) is 11.3 Å². The summed E-state index contributed by atoms with van der Waals surface area (Å²) in [6.07, 6.45) is 3.84. The van der Waals surface area contributed by atoms with Gasteiger partial charge in [0.05, 0.1) is 5.69 Å². The van der Waals surface area contributed by atoms with Crippen LogP contribution in [0.15, 0.2) is 58.9 Å². The topological polar surface area (TPSA) is 37.8 Å². The summed E-state index contributed by atoms with van der Waals surface area (Å²) < 4.78 is 0. The fourth-order valence-electron chi connectivity index (χ4n) is 1.77. The normalized spacial score (nSPS) is 9.95. The minimum Gasteiger partial charge on any atom is -0.316 e. The summed E-state index contributed by atoms with van der Waals surface area (Å²) >= 11 is 3.32. The highest BCUT2D eigenvalue weighted by Crippen LogP contribution is 2.27. The number of aromatic nitrogens is 2. The average molecular weight is 336 g/mol. The van der Waals surface area contributed by atoms with E-state index in [-0.39, 0.29) is 12.4 Å². The molecule has 6 heteroatoms. The monoisotopic (exact) mass is 335 g/mol. The Hall–Kier alpha value is -1.56. The largest absolute Gasteiger partial charge is 0.316 e. The van der Waals surface area contributed by atoms with Crippen molar-refractivity contribution >= 4 is 46.5 Å².